The zero-order valence-electron chi connectivity index (χ0n) is 8.29. The van der Waals surface area contributed by atoms with Crippen molar-refractivity contribution in [2.75, 3.05) is 7.11 Å². The van der Waals surface area contributed by atoms with Crippen LogP contribution >= 0.6 is 15.9 Å². The molecule has 1 aromatic carbocycles. The van der Waals surface area contributed by atoms with E-state index in [0.717, 1.165) is 28.5 Å². The van der Waals surface area contributed by atoms with E-state index in [1.54, 1.807) is 7.11 Å². The number of hydrogen-bond donors (Lipinski definition) is 0. The molecule has 0 heterocycles. The molecule has 0 aliphatic carbocycles. The molecule has 0 aliphatic heterocycles. The summed E-state index contributed by atoms with van der Waals surface area (Å²) in [5.41, 5.74) is 2.01. The second-order valence-electron chi connectivity index (χ2n) is 3.10. The SMILES string of the molecule is COc1c(CBr)cccc1C(C)C=O. The van der Waals surface area contributed by atoms with Crippen LogP contribution < -0.4 is 4.74 Å². The fourth-order valence-corrected chi connectivity index (χ4v) is 1.83. The minimum Gasteiger partial charge on any atom is -0.496 e. The number of methoxy groups -OCH3 is 1. The Morgan fingerprint density at radius 1 is 1.57 bits per heavy atom. The van der Waals surface area contributed by atoms with Gasteiger partial charge in [0.1, 0.15) is 12.0 Å². The third-order valence-corrected chi connectivity index (χ3v) is 2.77. The van der Waals surface area contributed by atoms with E-state index in [1.165, 1.54) is 0 Å². The van der Waals surface area contributed by atoms with Gasteiger partial charge < -0.3 is 9.53 Å². The fourth-order valence-electron chi connectivity index (χ4n) is 1.39. The van der Waals surface area contributed by atoms with Crippen LogP contribution in [-0.2, 0) is 10.1 Å². The van der Waals surface area contributed by atoms with Crippen molar-refractivity contribution >= 4 is 22.2 Å². The van der Waals surface area contributed by atoms with Crippen molar-refractivity contribution in [3.05, 3.63) is 29.3 Å². The van der Waals surface area contributed by atoms with Crippen LogP contribution in [0.15, 0.2) is 18.2 Å². The van der Waals surface area contributed by atoms with Gasteiger partial charge in [0.05, 0.1) is 7.11 Å². The molecule has 0 saturated heterocycles. The molecule has 1 rings (SSSR count). The van der Waals surface area contributed by atoms with Gasteiger partial charge in [0.2, 0.25) is 0 Å². The largest absolute Gasteiger partial charge is 0.496 e. The smallest absolute Gasteiger partial charge is 0.127 e. The van der Waals surface area contributed by atoms with Crippen LogP contribution in [0.4, 0.5) is 0 Å². The van der Waals surface area contributed by atoms with Gasteiger partial charge in [-0.15, -0.1) is 0 Å². The summed E-state index contributed by atoms with van der Waals surface area (Å²) in [5, 5.41) is 0.732. The lowest BCUT2D eigenvalue weighted by atomic mass is 9.99. The molecular formula is C11H13BrO2. The maximum atomic E-state index is 10.7. The van der Waals surface area contributed by atoms with Gasteiger partial charge in [-0.25, -0.2) is 0 Å². The van der Waals surface area contributed by atoms with Crippen molar-refractivity contribution in [2.45, 2.75) is 18.2 Å². The Hall–Kier alpha value is -0.830. The Bertz CT molecular complexity index is 323. The molecule has 0 fully saturated rings. The molecule has 0 saturated carbocycles. The highest BCUT2D eigenvalue weighted by atomic mass is 79.9. The average Bonchev–Trinajstić information content (AvgIpc) is 2.26. The van der Waals surface area contributed by atoms with Crippen LogP contribution in [0.2, 0.25) is 0 Å². The van der Waals surface area contributed by atoms with Crippen molar-refractivity contribution in [2.24, 2.45) is 0 Å². The normalized spacial score (nSPS) is 12.2. The fraction of sp³-hybridized carbons (Fsp3) is 0.364. The maximum absolute atomic E-state index is 10.7. The number of carbonyl (C=O) groups excluding carboxylic acids is 1. The molecular weight excluding hydrogens is 244 g/mol. The van der Waals surface area contributed by atoms with E-state index in [9.17, 15) is 4.79 Å². The van der Waals surface area contributed by atoms with E-state index in [1.807, 2.05) is 25.1 Å². The first-order valence-electron chi connectivity index (χ1n) is 4.41. The van der Waals surface area contributed by atoms with Crippen LogP contribution in [-0.4, -0.2) is 13.4 Å². The molecule has 1 aromatic rings. The molecule has 0 aliphatic rings. The van der Waals surface area contributed by atoms with E-state index in [4.69, 9.17) is 4.74 Å². The topological polar surface area (TPSA) is 26.3 Å². The van der Waals surface area contributed by atoms with Gasteiger partial charge in [-0.1, -0.05) is 41.1 Å². The van der Waals surface area contributed by atoms with Gasteiger partial charge in [-0.05, 0) is 0 Å². The predicted octanol–water partition coefficient (Wildman–Crippen LogP) is 2.89. The molecule has 76 valence electrons. The highest BCUT2D eigenvalue weighted by Crippen LogP contribution is 2.30. The second kappa shape index (κ2) is 5.15. The molecule has 2 nitrogen and oxygen atoms in total. The third-order valence-electron chi connectivity index (χ3n) is 2.17. The summed E-state index contributed by atoms with van der Waals surface area (Å²) in [5.74, 6) is 0.688. The average molecular weight is 257 g/mol. The Balaban J connectivity index is 3.21. The summed E-state index contributed by atoms with van der Waals surface area (Å²) in [4.78, 5) is 10.7. The number of benzene rings is 1. The van der Waals surface area contributed by atoms with Crippen LogP contribution in [0.3, 0.4) is 0 Å². The molecule has 0 bridgehead atoms. The Labute approximate surface area is 92.4 Å². The Morgan fingerprint density at radius 2 is 2.29 bits per heavy atom. The summed E-state index contributed by atoms with van der Waals surface area (Å²) in [6.45, 7) is 1.86. The van der Waals surface area contributed by atoms with Gasteiger partial charge in [0, 0.05) is 22.4 Å². The van der Waals surface area contributed by atoms with Crippen molar-refractivity contribution in [3.63, 3.8) is 0 Å². The van der Waals surface area contributed by atoms with E-state index < -0.39 is 0 Å². The number of hydrogen-bond acceptors (Lipinski definition) is 2. The molecule has 0 aromatic heterocycles. The molecule has 3 heteroatoms. The van der Waals surface area contributed by atoms with Crippen LogP contribution in [0.5, 0.6) is 5.75 Å². The van der Waals surface area contributed by atoms with Gasteiger partial charge >= 0.3 is 0 Å². The van der Waals surface area contributed by atoms with Crippen molar-refractivity contribution in [3.8, 4) is 5.75 Å². The molecule has 14 heavy (non-hydrogen) atoms. The molecule has 0 spiro atoms. The zero-order chi connectivity index (χ0) is 10.6. The summed E-state index contributed by atoms with van der Waals surface area (Å²) >= 11 is 3.39. The highest BCUT2D eigenvalue weighted by molar-refractivity contribution is 9.08. The minimum atomic E-state index is -0.121. The summed E-state index contributed by atoms with van der Waals surface area (Å²) in [6.07, 6.45) is 0.926. The van der Waals surface area contributed by atoms with Crippen LogP contribution in [0.1, 0.15) is 24.0 Å². The van der Waals surface area contributed by atoms with E-state index in [0.29, 0.717) is 0 Å². The first kappa shape index (κ1) is 11.2. The lowest BCUT2D eigenvalue weighted by molar-refractivity contribution is -0.108. The Morgan fingerprint density at radius 3 is 2.79 bits per heavy atom. The van der Waals surface area contributed by atoms with Crippen LogP contribution in [0.25, 0.3) is 0 Å². The first-order chi connectivity index (χ1) is 6.74. The minimum absolute atomic E-state index is 0.121. The number of halogens is 1. The molecule has 0 radical (unpaired) electrons. The van der Waals surface area contributed by atoms with Gasteiger partial charge in [0.15, 0.2) is 0 Å². The van der Waals surface area contributed by atoms with E-state index in [2.05, 4.69) is 15.9 Å². The Kier molecular flexibility index (Phi) is 4.14. The maximum Gasteiger partial charge on any atom is 0.127 e. The first-order valence-corrected chi connectivity index (χ1v) is 5.53. The monoisotopic (exact) mass is 256 g/mol. The predicted molar refractivity (Wildman–Crippen MR) is 60.1 cm³/mol. The van der Waals surface area contributed by atoms with Gasteiger partial charge in [-0.3, -0.25) is 0 Å². The number of para-hydroxylation sites is 1. The van der Waals surface area contributed by atoms with Gasteiger partial charge in [-0.2, -0.15) is 0 Å². The quantitative estimate of drug-likeness (QED) is 0.612. The number of ether oxygens (including phenoxy) is 1. The van der Waals surface area contributed by atoms with Gasteiger partial charge in [0.25, 0.3) is 0 Å². The van der Waals surface area contributed by atoms with Crippen molar-refractivity contribution in [1.82, 2.24) is 0 Å². The molecule has 0 N–H and O–H groups in total. The highest BCUT2D eigenvalue weighted by Gasteiger charge is 2.12. The lowest BCUT2D eigenvalue weighted by Crippen LogP contribution is -2.00. The standard InChI is InChI=1S/C11H13BrO2/c1-8(7-13)10-5-3-4-9(6-12)11(10)14-2/h3-5,7-8H,6H2,1-2H3. The number of alkyl halides is 1. The summed E-state index contributed by atoms with van der Waals surface area (Å²) in [7, 11) is 1.63. The molecule has 1 atom stereocenters. The zero-order valence-corrected chi connectivity index (χ0v) is 9.87. The number of aldehydes is 1. The molecule has 0 amide bonds. The van der Waals surface area contributed by atoms with Crippen molar-refractivity contribution < 1.29 is 9.53 Å². The third kappa shape index (κ3) is 2.15. The summed E-state index contributed by atoms with van der Waals surface area (Å²) in [6, 6.07) is 5.84. The van der Waals surface area contributed by atoms with E-state index in [-0.39, 0.29) is 5.92 Å². The van der Waals surface area contributed by atoms with Crippen molar-refractivity contribution in [1.29, 1.82) is 0 Å². The lowest BCUT2D eigenvalue weighted by Gasteiger charge is -2.13. The number of rotatable bonds is 4. The summed E-state index contributed by atoms with van der Waals surface area (Å²) < 4.78 is 5.30. The van der Waals surface area contributed by atoms with E-state index >= 15 is 0 Å². The number of carbonyl (C=O) groups is 1. The van der Waals surface area contributed by atoms with Crippen LogP contribution in [0, 0.1) is 0 Å². The second-order valence-corrected chi connectivity index (χ2v) is 3.66. The molecule has 1 unspecified atom stereocenters.